The Kier molecular flexibility index (Phi) is 6.32. The second kappa shape index (κ2) is 7.79. The molecule has 100 valence electrons. The monoisotopic (exact) mass is 251 g/mol. The van der Waals surface area contributed by atoms with Crippen molar-refractivity contribution in [3.05, 3.63) is 30.1 Å². The molecule has 5 heteroatoms. The van der Waals surface area contributed by atoms with Crippen molar-refractivity contribution in [1.29, 1.82) is 0 Å². The number of likely N-dealkylation sites (N-methyl/N-ethyl adjacent to an activating group) is 1. The van der Waals surface area contributed by atoms with Crippen molar-refractivity contribution in [2.45, 2.75) is 25.4 Å². The lowest BCUT2D eigenvalue weighted by Gasteiger charge is -2.21. The molecule has 0 fully saturated rings. The summed E-state index contributed by atoms with van der Waals surface area (Å²) in [7, 11) is 3.40. The Labute approximate surface area is 108 Å². The number of amides is 1. The number of hydrogen-bond acceptors (Lipinski definition) is 4. The number of carbonyl (C=O) groups excluding carboxylic acids is 1. The van der Waals surface area contributed by atoms with Crippen LogP contribution in [0.5, 0.6) is 0 Å². The van der Waals surface area contributed by atoms with Crippen molar-refractivity contribution in [1.82, 2.24) is 9.88 Å². The standard InChI is InChI=1S/C13H21N3O2/c1-16(10-11-5-3-7-15-9-11)13(17)12(14)6-4-8-18-2/h3,5,7,9,12H,4,6,8,10,14H2,1-2H3. The Balaban J connectivity index is 2.41. The third-order valence-electron chi connectivity index (χ3n) is 2.70. The maximum atomic E-state index is 12.0. The van der Waals surface area contributed by atoms with Gasteiger partial charge in [0.1, 0.15) is 0 Å². The average molecular weight is 251 g/mol. The lowest BCUT2D eigenvalue weighted by atomic mass is 10.1. The van der Waals surface area contributed by atoms with E-state index in [4.69, 9.17) is 10.5 Å². The van der Waals surface area contributed by atoms with Crippen LogP contribution < -0.4 is 5.73 Å². The molecule has 1 aromatic rings. The van der Waals surface area contributed by atoms with E-state index in [0.717, 1.165) is 12.0 Å². The quantitative estimate of drug-likeness (QED) is 0.728. The fourth-order valence-electron chi connectivity index (χ4n) is 1.70. The molecule has 5 nitrogen and oxygen atoms in total. The van der Waals surface area contributed by atoms with Crippen molar-refractivity contribution in [2.75, 3.05) is 20.8 Å². The first-order valence-electron chi connectivity index (χ1n) is 6.03. The van der Waals surface area contributed by atoms with Crippen molar-refractivity contribution in [3.63, 3.8) is 0 Å². The minimum absolute atomic E-state index is 0.0463. The van der Waals surface area contributed by atoms with Crippen molar-refractivity contribution in [2.24, 2.45) is 5.73 Å². The summed E-state index contributed by atoms with van der Waals surface area (Å²) in [5.74, 6) is -0.0463. The summed E-state index contributed by atoms with van der Waals surface area (Å²) in [6.45, 7) is 1.16. The van der Waals surface area contributed by atoms with Gasteiger partial charge in [0.05, 0.1) is 6.04 Å². The predicted molar refractivity (Wildman–Crippen MR) is 69.8 cm³/mol. The first kappa shape index (κ1) is 14.6. The molecule has 0 radical (unpaired) electrons. The van der Waals surface area contributed by atoms with Crippen LogP contribution in [0.15, 0.2) is 24.5 Å². The van der Waals surface area contributed by atoms with Crippen LogP contribution >= 0.6 is 0 Å². The number of hydrogen-bond donors (Lipinski definition) is 1. The molecular formula is C13H21N3O2. The highest BCUT2D eigenvalue weighted by atomic mass is 16.5. The van der Waals surface area contributed by atoms with Crippen molar-refractivity contribution < 1.29 is 9.53 Å². The Morgan fingerprint density at radius 1 is 1.61 bits per heavy atom. The molecular weight excluding hydrogens is 230 g/mol. The molecule has 1 rings (SSSR count). The molecule has 0 aromatic carbocycles. The van der Waals surface area contributed by atoms with Crippen molar-refractivity contribution >= 4 is 5.91 Å². The number of nitrogens with zero attached hydrogens (tertiary/aromatic N) is 2. The highest BCUT2D eigenvalue weighted by Crippen LogP contribution is 2.04. The summed E-state index contributed by atoms with van der Waals surface area (Å²) in [6.07, 6.45) is 4.90. The van der Waals surface area contributed by atoms with Crippen LogP contribution in [0.4, 0.5) is 0 Å². The zero-order chi connectivity index (χ0) is 13.4. The summed E-state index contributed by atoms with van der Waals surface area (Å²) in [4.78, 5) is 17.6. The summed E-state index contributed by atoms with van der Waals surface area (Å²) >= 11 is 0. The third kappa shape index (κ3) is 4.81. The van der Waals surface area contributed by atoms with Gasteiger partial charge in [0.2, 0.25) is 5.91 Å². The highest BCUT2D eigenvalue weighted by Gasteiger charge is 2.17. The third-order valence-corrected chi connectivity index (χ3v) is 2.70. The molecule has 1 unspecified atom stereocenters. The fourth-order valence-corrected chi connectivity index (χ4v) is 1.70. The topological polar surface area (TPSA) is 68.5 Å². The van der Waals surface area contributed by atoms with E-state index >= 15 is 0 Å². The van der Waals surface area contributed by atoms with E-state index in [-0.39, 0.29) is 5.91 Å². The Morgan fingerprint density at radius 3 is 3.00 bits per heavy atom. The van der Waals surface area contributed by atoms with Gasteiger partial charge in [0.15, 0.2) is 0 Å². The van der Waals surface area contributed by atoms with E-state index in [1.54, 1.807) is 31.5 Å². The molecule has 18 heavy (non-hydrogen) atoms. The molecule has 0 saturated heterocycles. The summed E-state index contributed by atoms with van der Waals surface area (Å²) in [6, 6.07) is 3.33. The minimum Gasteiger partial charge on any atom is -0.385 e. The zero-order valence-electron chi connectivity index (χ0n) is 11.0. The van der Waals surface area contributed by atoms with Gasteiger partial charge in [-0.2, -0.15) is 0 Å². The van der Waals surface area contributed by atoms with E-state index in [9.17, 15) is 4.79 Å². The molecule has 0 saturated carbocycles. The molecule has 0 aliphatic heterocycles. The molecule has 1 atom stereocenters. The van der Waals surface area contributed by atoms with Crippen LogP contribution in [-0.4, -0.2) is 42.6 Å². The van der Waals surface area contributed by atoms with E-state index in [0.29, 0.717) is 19.6 Å². The maximum absolute atomic E-state index is 12.0. The Hall–Kier alpha value is -1.46. The van der Waals surface area contributed by atoms with Gasteiger partial charge in [-0.15, -0.1) is 0 Å². The van der Waals surface area contributed by atoms with Crippen molar-refractivity contribution in [3.8, 4) is 0 Å². The van der Waals surface area contributed by atoms with Gasteiger partial charge in [-0.3, -0.25) is 9.78 Å². The van der Waals surface area contributed by atoms with Gasteiger partial charge in [-0.25, -0.2) is 0 Å². The smallest absolute Gasteiger partial charge is 0.239 e. The Morgan fingerprint density at radius 2 is 2.39 bits per heavy atom. The number of aromatic nitrogens is 1. The molecule has 2 N–H and O–H groups in total. The lowest BCUT2D eigenvalue weighted by molar-refractivity contribution is -0.132. The average Bonchev–Trinajstić information content (AvgIpc) is 2.39. The number of rotatable bonds is 7. The van der Waals surface area contributed by atoms with Gasteiger partial charge >= 0.3 is 0 Å². The maximum Gasteiger partial charge on any atom is 0.239 e. The highest BCUT2D eigenvalue weighted by molar-refractivity contribution is 5.81. The molecule has 1 aromatic heterocycles. The molecule has 1 heterocycles. The molecule has 0 aliphatic carbocycles. The Bertz CT molecular complexity index is 357. The van der Waals surface area contributed by atoms with E-state index < -0.39 is 6.04 Å². The van der Waals surface area contributed by atoms with Gasteiger partial charge < -0.3 is 15.4 Å². The number of methoxy groups -OCH3 is 1. The fraction of sp³-hybridized carbons (Fsp3) is 0.538. The van der Waals surface area contributed by atoms with Gasteiger partial charge in [-0.1, -0.05) is 6.07 Å². The first-order valence-corrected chi connectivity index (χ1v) is 6.03. The van der Waals surface area contributed by atoms with Crippen LogP contribution in [0.2, 0.25) is 0 Å². The van der Waals surface area contributed by atoms with Gasteiger partial charge in [-0.05, 0) is 24.5 Å². The number of ether oxygens (including phenoxy) is 1. The van der Waals surface area contributed by atoms with E-state index in [1.165, 1.54) is 0 Å². The predicted octanol–water partition coefficient (Wildman–Crippen LogP) is 0.794. The molecule has 1 amide bonds. The van der Waals surface area contributed by atoms with Crippen LogP contribution in [0, 0.1) is 0 Å². The summed E-state index contributed by atoms with van der Waals surface area (Å²) in [5, 5.41) is 0. The number of nitrogens with two attached hydrogens (primary N) is 1. The molecule has 0 aliphatic rings. The second-order valence-corrected chi connectivity index (χ2v) is 4.30. The van der Waals surface area contributed by atoms with E-state index in [1.807, 2.05) is 12.1 Å². The molecule has 0 spiro atoms. The number of pyridine rings is 1. The van der Waals surface area contributed by atoms with Crippen LogP contribution in [0.3, 0.4) is 0 Å². The summed E-state index contributed by atoms with van der Waals surface area (Å²) in [5.41, 5.74) is 6.85. The molecule has 0 bridgehead atoms. The van der Waals surface area contributed by atoms with Crippen LogP contribution in [0.25, 0.3) is 0 Å². The van der Waals surface area contributed by atoms with Crippen LogP contribution in [0.1, 0.15) is 18.4 Å². The zero-order valence-corrected chi connectivity index (χ0v) is 11.0. The minimum atomic E-state index is -0.457. The van der Waals surface area contributed by atoms with Crippen LogP contribution in [-0.2, 0) is 16.1 Å². The number of carbonyl (C=O) groups is 1. The largest absolute Gasteiger partial charge is 0.385 e. The summed E-state index contributed by atoms with van der Waals surface area (Å²) < 4.78 is 4.94. The second-order valence-electron chi connectivity index (χ2n) is 4.30. The normalized spacial score (nSPS) is 12.2. The first-order chi connectivity index (χ1) is 8.65. The van der Waals surface area contributed by atoms with Gasteiger partial charge in [0.25, 0.3) is 0 Å². The lowest BCUT2D eigenvalue weighted by Crippen LogP contribution is -2.41. The van der Waals surface area contributed by atoms with Gasteiger partial charge in [0, 0.05) is 39.7 Å². The SMILES string of the molecule is COCCCC(N)C(=O)N(C)Cc1cccnc1. The van der Waals surface area contributed by atoms with E-state index in [2.05, 4.69) is 4.98 Å².